The first-order valence-electron chi connectivity index (χ1n) is 23.5. The van der Waals surface area contributed by atoms with Gasteiger partial charge < -0.3 is 31.3 Å². The number of carbonyl (C=O) groups is 2. The topological polar surface area (TPSA) is 147 Å². The molecule has 3 aromatic carbocycles. The van der Waals surface area contributed by atoms with Gasteiger partial charge in [0.1, 0.15) is 11.6 Å². The number of ether oxygens (including phenoxy) is 1. The van der Waals surface area contributed by atoms with Crippen molar-refractivity contribution in [2.75, 3.05) is 39.1 Å². The molecule has 0 radical (unpaired) electrons. The number of ketones is 2. The summed E-state index contributed by atoms with van der Waals surface area (Å²) in [6.45, 7) is 3.38. The predicted molar refractivity (Wildman–Crippen MR) is 253 cm³/mol. The first kappa shape index (κ1) is 45.9. The molecule has 3 aliphatic rings. The number of carbonyl (C=O) groups excluding carboxylic acids is 2. The third kappa shape index (κ3) is 13.0. The van der Waals surface area contributed by atoms with E-state index in [1.165, 1.54) is 49.1 Å². The number of fused-ring (bicyclic) bond motifs is 2. The van der Waals surface area contributed by atoms with Gasteiger partial charge in [0.05, 0.1) is 13.5 Å². The van der Waals surface area contributed by atoms with Gasteiger partial charge in [-0.05, 0) is 177 Å². The Hall–Kier alpha value is -5.09. The summed E-state index contributed by atoms with van der Waals surface area (Å²) in [7, 11) is 1.50. The van der Waals surface area contributed by atoms with E-state index in [1.54, 1.807) is 30.0 Å². The molecule has 5 atom stereocenters. The number of phenols is 1. The zero-order valence-electron chi connectivity index (χ0n) is 37.2. The van der Waals surface area contributed by atoms with Crippen molar-refractivity contribution in [3.8, 4) is 11.5 Å². The molecule has 9 heteroatoms. The van der Waals surface area contributed by atoms with Crippen LogP contribution in [0.1, 0.15) is 103 Å². The van der Waals surface area contributed by atoms with Crippen molar-refractivity contribution in [3.63, 3.8) is 0 Å². The highest BCUT2D eigenvalue weighted by atomic mass is 16.5. The van der Waals surface area contributed by atoms with Gasteiger partial charge in [0.25, 0.3) is 0 Å². The lowest BCUT2D eigenvalue weighted by molar-refractivity contribution is -0.124. The summed E-state index contributed by atoms with van der Waals surface area (Å²) >= 11 is 0. The second-order valence-electron chi connectivity index (χ2n) is 18.2. The highest BCUT2D eigenvalue weighted by Gasteiger charge is 2.42. The van der Waals surface area contributed by atoms with E-state index >= 15 is 0 Å². The number of pyridine rings is 1. The molecule has 2 aliphatic heterocycles. The summed E-state index contributed by atoms with van der Waals surface area (Å²) in [6.07, 6.45) is 19.9. The molecule has 4 aromatic rings. The third-order valence-corrected chi connectivity index (χ3v) is 13.8. The van der Waals surface area contributed by atoms with Crippen molar-refractivity contribution in [2.24, 2.45) is 23.7 Å². The molecule has 1 aliphatic carbocycles. The lowest BCUT2D eigenvalue weighted by atomic mass is 9.63. The average Bonchev–Trinajstić information content (AvgIpc) is 3.30. The maximum atomic E-state index is 13.3. The van der Waals surface area contributed by atoms with Gasteiger partial charge in [-0.2, -0.15) is 0 Å². The van der Waals surface area contributed by atoms with Gasteiger partial charge in [0.15, 0.2) is 17.3 Å². The quantitative estimate of drug-likeness (QED) is 0.0298. The number of allylic oxidation sites excluding steroid dienone is 1. The number of rotatable bonds is 22. The molecule has 0 spiro atoms. The van der Waals surface area contributed by atoms with Crippen LogP contribution in [-0.2, 0) is 41.7 Å². The zero-order chi connectivity index (χ0) is 44.0. The number of aliphatic hydroxyl groups is 1. The number of nitrogens with zero attached hydrogens (tertiary/aromatic N) is 1. The van der Waals surface area contributed by atoms with Crippen LogP contribution in [0.15, 0.2) is 96.7 Å². The summed E-state index contributed by atoms with van der Waals surface area (Å²) in [4.78, 5) is 30.9. The molecular formula is C54H68N4O5. The highest BCUT2D eigenvalue weighted by molar-refractivity contribution is 6.06. The number of hydrogen-bond acceptors (Lipinski definition) is 9. The Bertz CT molecular complexity index is 2200. The molecule has 63 heavy (non-hydrogen) atoms. The van der Waals surface area contributed by atoms with Crippen LogP contribution in [0.4, 0.5) is 5.82 Å². The van der Waals surface area contributed by atoms with E-state index in [9.17, 15) is 19.8 Å². The Morgan fingerprint density at radius 3 is 2.51 bits per heavy atom. The summed E-state index contributed by atoms with van der Waals surface area (Å²) in [5.41, 5.74) is 15.3. The van der Waals surface area contributed by atoms with Crippen molar-refractivity contribution in [2.45, 2.75) is 102 Å². The maximum absolute atomic E-state index is 13.3. The van der Waals surface area contributed by atoms with Crippen LogP contribution in [0.2, 0.25) is 0 Å². The van der Waals surface area contributed by atoms with Gasteiger partial charge >= 0.3 is 0 Å². The number of nitrogens with two attached hydrogens (primary N) is 1. The Morgan fingerprint density at radius 1 is 0.921 bits per heavy atom. The number of aliphatic hydroxyl groups excluding tert-OH is 1. The molecule has 2 saturated heterocycles. The normalized spacial score (nSPS) is 20.1. The van der Waals surface area contributed by atoms with E-state index in [-0.39, 0.29) is 30.3 Å². The standard InChI is InChI=1S/C54H68N4O5/c1-63-52-32-41(44(31-51(52)62)30-45-36-58-53(55)33-42(45)20-19-40-12-5-11-39(27-40)18-17-37-9-3-2-4-10-37)21-22-48(61)34-47(60)16-6-13-38(14-8-26-59)28-50-49-23-25-56-35-46(49)29-43-15-7-24-57-54(43)50/h2-5,9-12,21-22,27,29,31-33,36,38,46,49-50,54,56-57,59,62H,6-8,13-20,23-26,28,30,34-35H2,1H3,(H2,55,58). The first-order valence-corrected chi connectivity index (χ1v) is 23.5. The molecule has 9 nitrogen and oxygen atoms in total. The fraction of sp³-hybridized carbons (Fsp3) is 0.463. The number of methoxy groups -OCH3 is 1. The molecule has 3 heterocycles. The number of phenolic OH excluding ortho intramolecular Hbond substituents is 1. The third-order valence-electron chi connectivity index (χ3n) is 13.8. The maximum Gasteiger partial charge on any atom is 0.163 e. The lowest BCUT2D eigenvalue weighted by Gasteiger charge is -2.48. The molecule has 0 saturated carbocycles. The lowest BCUT2D eigenvalue weighted by Crippen LogP contribution is -2.52. The molecule has 7 rings (SSSR count). The van der Waals surface area contributed by atoms with Gasteiger partial charge in [-0.25, -0.2) is 4.98 Å². The number of benzene rings is 3. The van der Waals surface area contributed by atoms with Gasteiger partial charge in [0, 0.05) is 31.8 Å². The smallest absolute Gasteiger partial charge is 0.163 e. The number of nitrogen functional groups attached to an aromatic ring is 1. The Morgan fingerprint density at radius 2 is 1.70 bits per heavy atom. The van der Waals surface area contributed by atoms with Gasteiger partial charge in [0.2, 0.25) is 0 Å². The monoisotopic (exact) mass is 853 g/mol. The number of piperidine rings is 2. The van der Waals surface area contributed by atoms with Gasteiger partial charge in [-0.15, -0.1) is 0 Å². The van der Waals surface area contributed by atoms with Gasteiger partial charge in [-0.3, -0.25) is 9.59 Å². The average molecular weight is 853 g/mol. The molecule has 1 aromatic heterocycles. The molecule has 5 unspecified atom stereocenters. The van der Waals surface area contributed by atoms with Crippen LogP contribution < -0.4 is 21.1 Å². The SMILES string of the molecule is COc1cc(C=CC(=O)CC(=O)CCCC(CCCO)CC2C3NCCCC3=CC3CNCCC32)c(Cc2cnc(N)cc2CCc2cccc(CCc3ccccc3)c2)cc1O. The van der Waals surface area contributed by atoms with Crippen LogP contribution in [-0.4, -0.2) is 66.2 Å². The molecule has 334 valence electrons. The zero-order valence-corrected chi connectivity index (χ0v) is 37.2. The fourth-order valence-electron chi connectivity index (χ4n) is 10.6. The predicted octanol–water partition coefficient (Wildman–Crippen LogP) is 8.56. The minimum atomic E-state index is -0.252. The number of hydrogen-bond donors (Lipinski definition) is 5. The number of aromatic hydroxyl groups is 1. The minimum absolute atomic E-state index is 0.00619. The van der Waals surface area contributed by atoms with Crippen LogP contribution in [0.3, 0.4) is 0 Å². The van der Waals surface area contributed by atoms with Crippen LogP contribution in [0, 0.1) is 23.7 Å². The summed E-state index contributed by atoms with van der Waals surface area (Å²) in [5.74, 6) is 2.72. The van der Waals surface area contributed by atoms with Crippen molar-refractivity contribution >= 4 is 23.5 Å². The van der Waals surface area contributed by atoms with E-state index in [4.69, 9.17) is 10.5 Å². The Kier molecular flexibility index (Phi) is 16.8. The second-order valence-corrected chi connectivity index (χ2v) is 18.2. The summed E-state index contributed by atoms with van der Waals surface area (Å²) in [6, 6.07) is 25.1. The van der Waals surface area contributed by atoms with Crippen LogP contribution in [0.25, 0.3) is 6.08 Å². The van der Waals surface area contributed by atoms with E-state index in [1.807, 2.05) is 12.1 Å². The van der Waals surface area contributed by atoms with Crippen LogP contribution in [0.5, 0.6) is 11.5 Å². The largest absolute Gasteiger partial charge is 0.504 e. The minimum Gasteiger partial charge on any atom is -0.504 e. The number of anilines is 1. The van der Waals surface area contributed by atoms with E-state index in [2.05, 4.69) is 70.2 Å². The van der Waals surface area contributed by atoms with Crippen LogP contribution >= 0.6 is 0 Å². The fourth-order valence-corrected chi connectivity index (χ4v) is 10.6. The number of Topliss-reactive ketones (excluding diaryl/α,β-unsaturated/α-hetero) is 1. The van der Waals surface area contributed by atoms with E-state index in [0.29, 0.717) is 54.1 Å². The Balaban J connectivity index is 0.955. The number of aryl methyl sites for hydroxylation is 4. The van der Waals surface area contributed by atoms with Gasteiger partial charge in [-0.1, -0.05) is 78.7 Å². The Labute approximate surface area is 374 Å². The number of nitrogens with one attached hydrogen (secondary N) is 2. The highest BCUT2D eigenvalue weighted by Crippen LogP contribution is 2.44. The molecular weight excluding hydrogens is 785 g/mol. The van der Waals surface area contributed by atoms with Crippen molar-refractivity contribution in [1.82, 2.24) is 15.6 Å². The molecule has 0 amide bonds. The summed E-state index contributed by atoms with van der Waals surface area (Å²) in [5, 5.41) is 28.1. The van der Waals surface area contributed by atoms with Crippen molar-refractivity contribution in [1.29, 1.82) is 0 Å². The molecule has 0 bridgehead atoms. The summed E-state index contributed by atoms with van der Waals surface area (Å²) < 4.78 is 5.45. The molecule has 2 fully saturated rings. The van der Waals surface area contributed by atoms with Crippen molar-refractivity contribution in [3.05, 3.63) is 136 Å². The first-order chi connectivity index (χ1) is 30.8. The second kappa shape index (κ2) is 23.0. The van der Waals surface area contributed by atoms with Crippen molar-refractivity contribution < 1.29 is 24.5 Å². The number of aromatic nitrogens is 1. The van der Waals surface area contributed by atoms with E-state index < -0.39 is 0 Å². The van der Waals surface area contributed by atoms with E-state index in [0.717, 1.165) is 99.7 Å². The molecule has 6 N–H and O–H groups in total.